The van der Waals surface area contributed by atoms with Crippen LogP contribution in [0.15, 0.2) is 48.0 Å². The summed E-state index contributed by atoms with van der Waals surface area (Å²) in [7, 11) is 0. The largest absolute Gasteiger partial charge is 0.456 e. The van der Waals surface area contributed by atoms with Gasteiger partial charge in [0.2, 0.25) is 0 Å². The van der Waals surface area contributed by atoms with Gasteiger partial charge in [-0.1, -0.05) is 0 Å². The standard InChI is InChI=1S/C22H19N3O2S2/c1-12-8-13-9-14(4-5-15(13)24-12)27-17-6-7-23-16-10-18(29-20(16)17)21-25-19(11-28-21)22(2,3)26/h4-11,24,26H,1-3H3. The van der Waals surface area contributed by atoms with E-state index in [0.29, 0.717) is 5.69 Å². The lowest BCUT2D eigenvalue weighted by atomic mass is 10.1. The van der Waals surface area contributed by atoms with Crippen molar-refractivity contribution in [1.29, 1.82) is 0 Å². The topological polar surface area (TPSA) is 71.0 Å². The van der Waals surface area contributed by atoms with Gasteiger partial charge >= 0.3 is 0 Å². The van der Waals surface area contributed by atoms with E-state index < -0.39 is 5.60 Å². The highest BCUT2D eigenvalue weighted by molar-refractivity contribution is 7.25. The van der Waals surface area contributed by atoms with Crippen LogP contribution in [0.1, 0.15) is 25.2 Å². The fraction of sp³-hybridized carbons (Fsp3) is 0.182. The van der Waals surface area contributed by atoms with Gasteiger partial charge in [0.15, 0.2) is 0 Å². The first-order chi connectivity index (χ1) is 13.9. The maximum absolute atomic E-state index is 10.2. The summed E-state index contributed by atoms with van der Waals surface area (Å²) < 4.78 is 7.20. The maximum Gasteiger partial charge on any atom is 0.148 e. The Morgan fingerprint density at radius 1 is 1.14 bits per heavy atom. The Morgan fingerprint density at radius 2 is 2.00 bits per heavy atom. The van der Waals surface area contributed by atoms with Gasteiger partial charge in [-0.05, 0) is 51.1 Å². The van der Waals surface area contributed by atoms with Crippen LogP contribution in [0.2, 0.25) is 0 Å². The molecule has 1 aromatic carbocycles. The van der Waals surface area contributed by atoms with E-state index in [1.807, 2.05) is 42.6 Å². The number of aryl methyl sites for hydroxylation is 1. The van der Waals surface area contributed by atoms with Gasteiger partial charge < -0.3 is 14.8 Å². The third-order valence-electron chi connectivity index (χ3n) is 4.67. The second kappa shape index (κ2) is 6.66. The van der Waals surface area contributed by atoms with Crippen molar-refractivity contribution in [3.05, 3.63) is 59.4 Å². The van der Waals surface area contributed by atoms with Crippen molar-refractivity contribution in [2.45, 2.75) is 26.4 Å². The predicted molar refractivity (Wildman–Crippen MR) is 119 cm³/mol. The van der Waals surface area contributed by atoms with Gasteiger partial charge in [0.1, 0.15) is 22.1 Å². The average molecular weight is 422 g/mol. The van der Waals surface area contributed by atoms with E-state index in [1.165, 1.54) is 11.3 Å². The zero-order valence-corrected chi connectivity index (χ0v) is 17.8. The molecule has 0 saturated heterocycles. The summed E-state index contributed by atoms with van der Waals surface area (Å²) in [5, 5.41) is 14.1. The Morgan fingerprint density at radius 3 is 2.79 bits per heavy atom. The molecule has 0 aliphatic carbocycles. The van der Waals surface area contributed by atoms with E-state index >= 15 is 0 Å². The van der Waals surface area contributed by atoms with Crippen LogP contribution in [0.25, 0.3) is 31.0 Å². The lowest BCUT2D eigenvalue weighted by Gasteiger charge is -2.12. The highest BCUT2D eigenvalue weighted by Crippen LogP contribution is 2.41. The maximum atomic E-state index is 10.2. The zero-order chi connectivity index (χ0) is 20.2. The Hall–Kier alpha value is -2.74. The van der Waals surface area contributed by atoms with Gasteiger partial charge in [0.05, 0.1) is 20.8 Å². The molecule has 5 nitrogen and oxygen atoms in total. The molecule has 0 spiro atoms. The highest BCUT2D eigenvalue weighted by Gasteiger charge is 2.21. The number of benzene rings is 1. The van der Waals surface area contributed by atoms with Gasteiger partial charge in [-0.2, -0.15) is 0 Å². The van der Waals surface area contributed by atoms with Crippen LogP contribution in [-0.2, 0) is 5.60 Å². The van der Waals surface area contributed by atoms with Crippen LogP contribution in [0.5, 0.6) is 11.5 Å². The number of aliphatic hydroxyl groups is 1. The van der Waals surface area contributed by atoms with Crippen LogP contribution in [0.3, 0.4) is 0 Å². The van der Waals surface area contributed by atoms with Crippen LogP contribution >= 0.6 is 22.7 Å². The van der Waals surface area contributed by atoms with Crippen molar-refractivity contribution in [1.82, 2.24) is 15.0 Å². The number of aromatic amines is 1. The van der Waals surface area contributed by atoms with Gasteiger partial charge in [0, 0.05) is 34.2 Å². The van der Waals surface area contributed by atoms with E-state index in [1.54, 1.807) is 31.4 Å². The number of hydrogen-bond donors (Lipinski definition) is 2. The third kappa shape index (κ3) is 3.42. The number of thiophene rings is 1. The van der Waals surface area contributed by atoms with E-state index in [2.05, 4.69) is 21.0 Å². The van der Waals surface area contributed by atoms with Crippen LogP contribution in [0, 0.1) is 6.92 Å². The van der Waals surface area contributed by atoms with Crippen molar-refractivity contribution in [2.75, 3.05) is 0 Å². The monoisotopic (exact) mass is 421 g/mol. The first kappa shape index (κ1) is 18.3. The fourth-order valence-electron chi connectivity index (χ4n) is 3.21. The number of pyridine rings is 1. The van der Waals surface area contributed by atoms with Gasteiger partial charge in [-0.3, -0.25) is 4.98 Å². The van der Waals surface area contributed by atoms with E-state index in [4.69, 9.17) is 4.74 Å². The molecule has 0 atom stereocenters. The SMILES string of the molecule is Cc1cc2cc(Oc3ccnc4cc(-c5nc(C(C)(C)O)cs5)sc34)ccc2[nH]1. The van der Waals surface area contributed by atoms with Crippen molar-refractivity contribution in [2.24, 2.45) is 0 Å². The molecule has 0 aliphatic rings. The van der Waals surface area contributed by atoms with Crippen molar-refractivity contribution >= 4 is 43.8 Å². The lowest BCUT2D eigenvalue weighted by Crippen LogP contribution is -2.15. The molecule has 29 heavy (non-hydrogen) atoms. The lowest BCUT2D eigenvalue weighted by molar-refractivity contribution is 0.0746. The Balaban J connectivity index is 1.52. The number of fused-ring (bicyclic) bond motifs is 2. The summed E-state index contributed by atoms with van der Waals surface area (Å²) in [5.41, 5.74) is 2.82. The summed E-state index contributed by atoms with van der Waals surface area (Å²) in [6, 6.07) is 12.1. The molecule has 146 valence electrons. The number of ether oxygens (including phenoxy) is 1. The molecular weight excluding hydrogens is 402 g/mol. The normalized spacial score (nSPS) is 12.1. The molecule has 4 aromatic heterocycles. The Bertz CT molecular complexity index is 1340. The van der Waals surface area contributed by atoms with Crippen molar-refractivity contribution in [3.63, 3.8) is 0 Å². The number of hydrogen-bond acceptors (Lipinski definition) is 6. The van der Waals surface area contributed by atoms with E-state index in [9.17, 15) is 5.11 Å². The number of nitrogens with zero attached hydrogens (tertiary/aromatic N) is 2. The molecule has 7 heteroatoms. The minimum atomic E-state index is -0.951. The van der Waals surface area contributed by atoms with Gasteiger partial charge in [-0.25, -0.2) is 4.98 Å². The van der Waals surface area contributed by atoms with Crippen molar-refractivity contribution in [3.8, 4) is 21.4 Å². The Labute approximate surface area is 175 Å². The zero-order valence-electron chi connectivity index (χ0n) is 16.2. The number of rotatable bonds is 4. The number of nitrogens with one attached hydrogen (secondary N) is 1. The smallest absolute Gasteiger partial charge is 0.148 e. The molecule has 0 radical (unpaired) electrons. The van der Waals surface area contributed by atoms with E-state index in [0.717, 1.165) is 48.2 Å². The molecule has 0 fully saturated rings. The highest BCUT2D eigenvalue weighted by atomic mass is 32.1. The molecule has 2 N–H and O–H groups in total. The van der Waals surface area contributed by atoms with Crippen LogP contribution in [0.4, 0.5) is 0 Å². The minimum Gasteiger partial charge on any atom is -0.456 e. The number of aromatic nitrogens is 3. The summed E-state index contributed by atoms with van der Waals surface area (Å²) in [5.74, 6) is 1.56. The molecule has 0 bridgehead atoms. The predicted octanol–water partition coefficient (Wildman–Crippen LogP) is 6.23. The minimum absolute atomic E-state index is 0.675. The first-order valence-corrected chi connectivity index (χ1v) is 10.9. The second-order valence-corrected chi connectivity index (χ2v) is 9.44. The first-order valence-electron chi connectivity index (χ1n) is 9.21. The number of H-pyrrole nitrogens is 1. The Kier molecular flexibility index (Phi) is 4.20. The quantitative estimate of drug-likeness (QED) is 0.361. The molecule has 5 aromatic rings. The molecular formula is C22H19N3O2S2. The van der Waals surface area contributed by atoms with Gasteiger partial charge in [-0.15, -0.1) is 22.7 Å². The molecule has 0 unspecified atom stereocenters. The fourth-order valence-corrected chi connectivity index (χ4v) is 5.32. The summed E-state index contributed by atoms with van der Waals surface area (Å²) in [6.45, 7) is 5.53. The average Bonchev–Trinajstić information content (AvgIpc) is 3.37. The summed E-state index contributed by atoms with van der Waals surface area (Å²) in [6.07, 6.45) is 1.76. The van der Waals surface area contributed by atoms with Crippen molar-refractivity contribution < 1.29 is 9.84 Å². The second-order valence-electron chi connectivity index (χ2n) is 7.53. The summed E-state index contributed by atoms with van der Waals surface area (Å²) in [4.78, 5) is 13.4. The van der Waals surface area contributed by atoms with E-state index in [-0.39, 0.29) is 0 Å². The van der Waals surface area contributed by atoms with Gasteiger partial charge in [0.25, 0.3) is 0 Å². The summed E-state index contributed by atoms with van der Waals surface area (Å²) >= 11 is 3.13. The number of thiazole rings is 1. The third-order valence-corrected chi connectivity index (χ3v) is 6.82. The molecule has 0 amide bonds. The molecule has 4 heterocycles. The molecule has 5 rings (SSSR count). The molecule has 0 aliphatic heterocycles. The molecule has 0 saturated carbocycles. The van der Waals surface area contributed by atoms with Crippen LogP contribution < -0.4 is 4.74 Å². The van der Waals surface area contributed by atoms with Crippen LogP contribution in [-0.4, -0.2) is 20.1 Å².